The lowest BCUT2D eigenvalue weighted by Crippen LogP contribution is -2.44. The number of hydrogen-bond acceptors (Lipinski definition) is 4. The zero-order chi connectivity index (χ0) is 14.7. The summed E-state index contributed by atoms with van der Waals surface area (Å²) in [5.41, 5.74) is 4.17. The maximum Gasteiger partial charge on any atom is 0.0594 e. The first-order chi connectivity index (χ1) is 10.3. The van der Waals surface area contributed by atoms with Gasteiger partial charge in [0, 0.05) is 44.5 Å². The van der Waals surface area contributed by atoms with Crippen LogP contribution in [0.1, 0.15) is 17.5 Å². The molecule has 1 aromatic carbocycles. The van der Waals surface area contributed by atoms with Crippen molar-refractivity contribution in [2.45, 2.75) is 25.9 Å². The van der Waals surface area contributed by atoms with E-state index in [-0.39, 0.29) is 0 Å². The molecule has 1 atom stereocenters. The van der Waals surface area contributed by atoms with E-state index in [1.165, 1.54) is 29.8 Å². The third kappa shape index (κ3) is 3.39. The molecule has 21 heavy (non-hydrogen) atoms. The number of ether oxygens (including phenoxy) is 1. The predicted octanol–water partition coefficient (Wildman–Crippen LogP) is 1.63. The third-order valence-corrected chi connectivity index (χ3v) is 4.71. The van der Waals surface area contributed by atoms with Crippen LogP contribution < -0.4 is 10.2 Å². The van der Waals surface area contributed by atoms with E-state index in [2.05, 4.69) is 40.2 Å². The average molecular weight is 289 g/mol. The molecule has 0 amide bonds. The molecule has 1 unspecified atom stereocenters. The molecule has 0 radical (unpaired) electrons. The Morgan fingerprint density at radius 3 is 2.76 bits per heavy atom. The lowest BCUT2D eigenvalue weighted by Gasteiger charge is -2.32. The summed E-state index contributed by atoms with van der Waals surface area (Å²) in [7, 11) is 2.00. The van der Waals surface area contributed by atoms with E-state index < -0.39 is 0 Å². The molecule has 2 saturated heterocycles. The van der Waals surface area contributed by atoms with Gasteiger partial charge in [-0.2, -0.15) is 0 Å². The molecule has 0 spiro atoms. The van der Waals surface area contributed by atoms with Gasteiger partial charge in [0.2, 0.25) is 0 Å². The summed E-state index contributed by atoms with van der Waals surface area (Å²) in [5.74, 6) is 0. The summed E-state index contributed by atoms with van der Waals surface area (Å²) < 4.78 is 5.46. The molecule has 2 fully saturated rings. The minimum atomic E-state index is 0.699. The Kier molecular flexibility index (Phi) is 4.78. The van der Waals surface area contributed by atoms with Crippen LogP contribution in [-0.2, 0) is 11.3 Å². The Balaban J connectivity index is 1.65. The molecule has 0 aliphatic carbocycles. The zero-order valence-corrected chi connectivity index (χ0v) is 13.3. The molecule has 0 aromatic heterocycles. The molecule has 0 bridgehead atoms. The second-order valence-corrected chi connectivity index (χ2v) is 6.19. The van der Waals surface area contributed by atoms with Crippen molar-refractivity contribution in [1.29, 1.82) is 0 Å². The van der Waals surface area contributed by atoms with Gasteiger partial charge in [-0.3, -0.25) is 4.90 Å². The summed E-state index contributed by atoms with van der Waals surface area (Å²) >= 11 is 0. The normalized spacial score (nSPS) is 23.7. The molecule has 3 rings (SSSR count). The average Bonchev–Trinajstić information content (AvgIpc) is 2.98. The van der Waals surface area contributed by atoms with Crippen molar-refractivity contribution in [1.82, 2.24) is 10.2 Å². The summed E-state index contributed by atoms with van der Waals surface area (Å²) in [5, 5.41) is 3.22. The minimum Gasteiger partial charge on any atom is -0.379 e. The predicted molar refractivity (Wildman–Crippen MR) is 87.0 cm³/mol. The monoisotopic (exact) mass is 289 g/mol. The molecular formula is C17H27N3O. The van der Waals surface area contributed by atoms with Crippen molar-refractivity contribution in [2.24, 2.45) is 0 Å². The van der Waals surface area contributed by atoms with Crippen LogP contribution in [-0.4, -0.2) is 57.4 Å². The third-order valence-electron chi connectivity index (χ3n) is 4.71. The Hall–Kier alpha value is -1.10. The van der Waals surface area contributed by atoms with Crippen LogP contribution in [0.3, 0.4) is 0 Å². The molecule has 2 heterocycles. The molecule has 1 N–H and O–H groups in total. The lowest BCUT2D eigenvalue weighted by molar-refractivity contribution is 0.0209. The summed E-state index contributed by atoms with van der Waals surface area (Å²) in [6.07, 6.45) is 1.28. The van der Waals surface area contributed by atoms with Gasteiger partial charge in [-0.25, -0.2) is 0 Å². The van der Waals surface area contributed by atoms with Gasteiger partial charge in [0.15, 0.2) is 0 Å². The van der Waals surface area contributed by atoms with Crippen molar-refractivity contribution in [2.75, 3.05) is 51.3 Å². The highest BCUT2D eigenvalue weighted by molar-refractivity contribution is 5.55. The van der Waals surface area contributed by atoms with Gasteiger partial charge in [0.1, 0.15) is 0 Å². The van der Waals surface area contributed by atoms with E-state index in [1.54, 1.807) is 0 Å². The van der Waals surface area contributed by atoms with Crippen LogP contribution in [0.5, 0.6) is 0 Å². The maximum absolute atomic E-state index is 5.46. The number of morpholine rings is 1. The van der Waals surface area contributed by atoms with E-state index in [1.807, 2.05) is 7.05 Å². The maximum atomic E-state index is 5.46. The van der Waals surface area contributed by atoms with E-state index in [0.717, 1.165) is 39.4 Å². The first-order valence-corrected chi connectivity index (χ1v) is 8.09. The SMILES string of the molecule is CNCc1ccc(N2CCC(N3CCOCC3)C2)c(C)c1. The highest BCUT2D eigenvalue weighted by Crippen LogP contribution is 2.27. The first kappa shape index (κ1) is 14.8. The van der Waals surface area contributed by atoms with Gasteiger partial charge in [-0.1, -0.05) is 12.1 Å². The second-order valence-electron chi connectivity index (χ2n) is 6.19. The lowest BCUT2D eigenvalue weighted by atomic mass is 10.1. The van der Waals surface area contributed by atoms with Crippen molar-refractivity contribution < 1.29 is 4.74 Å². The number of nitrogens with one attached hydrogen (secondary N) is 1. The smallest absolute Gasteiger partial charge is 0.0594 e. The van der Waals surface area contributed by atoms with Crippen molar-refractivity contribution in [3.63, 3.8) is 0 Å². The number of aryl methyl sites for hydroxylation is 1. The van der Waals surface area contributed by atoms with Gasteiger partial charge in [0.25, 0.3) is 0 Å². The topological polar surface area (TPSA) is 27.7 Å². The Morgan fingerprint density at radius 1 is 1.24 bits per heavy atom. The van der Waals surface area contributed by atoms with Gasteiger partial charge in [0.05, 0.1) is 13.2 Å². The number of rotatable bonds is 4. The number of hydrogen-bond donors (Lipinski definition) is 1. The van der Waals surface area contributed by atoms with Crippen LogP contribution in [0, 0.1) is 6.92 Å². The molecule has 1 aromatic rings. The van der Waals surface area contributed by atoms with Crippen LogP contribution >= 0.6 is 0 Å². The number of nitrogens with zero attached hydrogens (tertiary/aromatic N) is 2. The van der Waals surface area contributed by atoms with E-state index in [9.17, 15) is 0 Å². The van der Waals surface area contributed by atoms with Crippen molar-refractivity contribution in [3.05, 3.63) is 29.3 Å². The Morgan fingerprint density at radius 2 is 2.05 bits per heavy atom. The number of anilines is 1. The van der Waals surface area contributed by atoms with Crippen LogP contribution in [0.2, 0.25) is 0 Å². The van der Waals surface area contributed by atoms with E-state index >= 15 is 0 Å². The first-order valence-electron chi connectivity index (χ1n) is 8.09. The van der Waals surface area contributed by atoms with Crippen molar-refractivity contribution >= 4 is 5.69 Å². The standard InChI is InChI=1S/C17H27N3O/c1-14-11-15(12-18-2)3-4-17(14)20-6-5-16(13-20)19-7-9-21-10-8-19/h3-4,11,16,18H,5-10,12-13H2,1-2H3. The van der Waals surface area contributed by atoms with Gasteiger partial charge >= 0.3 is 0 Å². The molecule has 0 saturated carbocycles. The van der Waals surface area contributed by atoms with E-state index in [0.29, 0.717) is 6.04 Å². The van der Waals surface area contributed by atoms with Gasteiger partial charge < -0.3 is 15.0 Å². The zero-order valence-electron chi connectivity index (χ0n) is 13.3. The summed E-state index contributed by atoms with van der Waals surface area (Å²) in [6.45, 7) is 9.49. The fourth-order valence-corrected chi connectivity index (χ4v) is 3.59. The van der Waals surface area contributed by atoms with E-state index in [4.69, 9.17) is 4.74 Å². The van der Waals surface area contributed by atoms with Crippen LogP contribution in [0.15, 0.2) is 18.2 Å². The second kappa shape index (κ2) is 6.77. The Bertz CT molecular complexity index is 471. The minimum absolute atomic E-state index is 0.699. The van der Waals surface area contributed by atoms with Gasteiger partial charge in [-0.05, 0) is 37.6 Å². The molecule has 2 aliphatic heterocycles. The molecule has 4 nitrogen and oxygen atoms in total. The summed E-state index contributed by atoms with van der Waals surface area (Å²) in [4.78, 5) is 5.16. The molecule has 2 aliphatic rings. The van der Waals surface area contributed by atoms with Crippen LogP contribution in [0.4, 0.5) is 5.69 Å². The Labute approximate surface area is 128 Å². The summed E-state index contributed by atoms with van der Waals surface area (Å²) in [6, 6.07) is 7.56. The van der Waals surface area contributed by atoms with Gasteiger partial charge in [-0.15, -0.1) is 0 Å². The molecule has 4 heteroatoms. The largest absolute Gasteiger partial charge is 0.379 e. The fourth-order valence-electron chi connectivity index (χ4n) is 3.59. The van der Waals surface area contributed by atoms with Crippen LogP contribution in [0.25, 0.3) is 0 Å². The quantitative estimate of drug-likeness (QED) is 0.912. The number of benzene rings is 1. The molecule has 116 valence electrons. The highest BCUT2D eigenvalue weighted by atomic mass is 16.5. The fraction of sp³-hybridized carbons (Fsp3) is 0.647. The van der Waals surface area contributed by atoms with Crippen molar-refractivity contribution in [3.8, 4) is 0 Å². The molecular weight excluding hydrogens is 262 g/mol. The highest BCUT2D eigenvalue weighted by Gasteiger charge is 2.29.